The Morgan fingerprint density at radius 3 is 2.62 bits per heavy atom. The molecule has 0 aliphatic carbocycles. The molecule has 2 atom stereocenters. The first kappa shape index (κ1) is 13.9. The summed E-state index contributed by atoms with van der Waals surface area (Å²) in [6.45, 7) is 3.65. The molecule has 0 aliphatic heterocycles. The molecule has 0 aliphatic rings. The van der Waals surface area contributed by atoms with Crippen LogP contribution in [0.25, 0.3) is 0 Å². The van der Waals surface area contributed by atoms with E-state index in [0.717, 1.165) is 13.7 Å². The Bertz CT molecular complexity index is 396. The maximum atomic E-state index is 11.7. The number of amides is 1. The van der Waals surface area contributed by atoms with Crippen molar-refractivity contribution in [1.29, 1.82) is 0 Å². The van der Waals surface area contributed by atoms with E-state index in [1.807, 2.05) is 32.0 Å². The van der Waals surface area contributed by atoms with Crippen molar-refractivity contribution < 1.29 is 4.79 Å². The Labute approximate surface area is 117 Å². The molecule has 0 aromatic heterocycles. The van der Waals surface area contributed by atoms with E-state index in [1.165, 1.54) is 0 Å². The minimum absolute atomic E-state index is 0.0480. The Hall–Kier alpha value is -0.140. The molecule has 2 unspecified atom stereocenters. The molecule has 3 N–H and O–H groups in total. The summed E-state index contributed by atoms with van der Waals surface area (Å²) in [5, 5.41) is 2.85. The van der Waals surface area contributed by atoms with Gasteiger partial charge in [0.2, 0.25) is 5.91 Å². The molecule has 0 saturated carbocycles. The molecule has 16 heavy (non-hydrogen) atoms. The summed E-state index contributed by atoms with van der Waals surface area (Å²) in [4.78, 5) is 11.7. The first-order valence-electron chi connectivity index (χ1n) is 4.93. The second-order valence-corrected chi connectivity index (χ2v) is 5.78. The summed E-state index contributed by atoms with van der Waals surface area (Å²) in [7, 11) is 0. The van der Waals surface area contributed by atoms with Gasteiger partial charge in [-0.15, -0.1) is 0 Å². The predicted molar refractivity (Wildman–Crippen MR) is 78.3 cm³/mol. The standard InChI is InChI=1S/C11H14BrIN2O/c1-6(7(2)14)11(16)15-8-3-4-9(12)10(13)5-8/h3-7H,14H2,1-2H3,(H,15,16). The zero-order valence-corrected chi connectivity index (χ0v) is 12.9. The lowest BCUT2D eigenvalue weighted by atomic mass is 10.0. The van der Waals surface area contributed by atoms with Gasteiger partial charge in [-0.25, -0.2) is 0 Å². The molecule has 0 bridgehead atoms. The van der Waals surface area contributed by atoms with Crippen LogP contribution in [0.4, 0.5) is 5.69 Å². The van der Waals surface area contributed by atoms with Gasteiger partial charge in [0, 0.05) is 19.8 Å². The quantitative estimate of drug-likeness (QED) is 0.771. The van der Waals surface area contributed by atoms with Crippen LogP contribution < -0.4 is 11.1 Å². The summed E-state index contributed by atoms with van der Waals surface area (Å²) in [5.41, 5.74) is 6.47. The number of hydrogen-bond donors (Lipinski definition) is 2. The van der Waals surface area contributed by atoms with E-state index in [-0.39, 0.29) is 17.9 Å². The largest absolute Gasteiger partial charge is 0.327 e. The van der Waals surface area contributed by atoms with Gasteiger partial charge >= 0.3 is 0 Å². The van der Waals surface area contributed by atoms with Crippen molar-refractivity contribution in [1.82, 2.24) is 0 Å². The molecule has 0 spiro atoms. The summed E-state index contributed by atoms with van der Waals surface area (Å²) >= 11 is 5.61. The van der Waals surface area contributed by atoms with Crippen molar-refractivity contribution in [3.8, 4) is 0 Å². The fraction of sp³-hybridized carbons (Fsp3) is 0.364. The maximum absolute atomic E-state index is 11.7. The van der Waals surface area contributed by atoms with E-state index in [9.17, 15) is 4.79 Å². The van der Waals surface area contributed by atoms with Gasteiger partial charge in [-0.2, -0.15) is 0 Å². The van der Waals surface area contributed by atoms with E-state index in [0.29, 0.717) is 0 Å². The van der Waals surface area contributed by atoms with Gasteiger partial charge in [0.25, 0.3) is 0 Å². The molecule has 0 saturated heterocycles. The molecular weight excluding hydrogens is 383 g/mol. The average molecular weight is 397 g/mol. The van der Waals surface area contributed by atoms with E-state index >= 15 is 0 Å². The van der Waals surface area contributed by atoms with Crippen molar-refractivity contribution in [3.63, 3.8) is 0 Å². The first-order chi connectivity index (χ1) is 7.41. The van der Waals surface area contributed by atoms with Crippen LogP contribution in [0.3, 0.4) is 0 Å². The molecule has 1 aromatic rings. The molecule has 0 heterocycles. The molecule has 3 nitrogen and oxygen atoms in total. The van der Waals surface area contributed by atoms with Crippen LogP contribution in [0.15, 0.2) is 22.7 Å². The smallest absolute Gasteiger partial charge is 0.228 e. The van der Waals surface area contributed by atoms with E-state index in [1.54, 1.807) is 0 Å². The number of benzene rings is 1. The van der Waals surface area contributed by atoms with Crippen LogP contribution in [0.2, 0.25) is 0 Å². The minimum Gasteiger partial charge on any atom is -0.327 e. The number of carbonyl (C=O) groups is 1. The van der Waals surface area contributed by atoms with Crippen LogP contribution >= 0.6 is 38.5 Å². The number of hydrogen-bond acceptors (Lipinski definition) is 2. The highest BCUT2D eigenvalue weighted by molar-refractivity contribution is 14.1. The third kappa shape index (κ3) is 3.71. The Morgan fingerprint density at radius 2 is 2.12 bits per heavy atom. The summed E-state index contributed by atoms with van der Waals surface area (Å²) in [6.07, 6.45) is 0. The highest BCUT2D eigenvalue weighted by Gasteiger charge is 2.17. The third-order valence-corrected chi connectivity index (χ3v) is 4.71. The van der Waals surface area contributed by atoms with Gasteiger partial charge in [-0.3, -0.25) is 4.79 Å². The summed E-state index contributed by atoms with van der Waals surface area (Å²) < 4.78 is 2.08. The fourth-order valence-corrected chi connectivity index (χ4v) is 1.83. The zero-order chi connectivity index (χ0) is 12.3. The SMILES string of the molecule is CC(N)C(C)C(=O)Nc1ccc(Br)c(I)c1. The second kappa shape index (κ2) is 5.97. The number of nitrogens with two attached hydrogens (primary N) is 1. The van der Waals surface area contributed by atoms with E-state index in [2.05, 4.69) is 43.8 Å². The number of anilines is 1. The predicted octanol–water partition coefficient (Wildman–Crippen LogP) is 2.98. The third-order valence-electron chi connectivity index (χ3n) is 2.39. The highest BCUT2D eigenvalue weighted by Crippen LogP contribution is 2.22. The molecular formula is C11H14BrIN2O. The highest BCUT2D eigenvalue weighted by atomic mass is 127. The van der Waals surface area contributed by atoms with Crippen molar-refractivity contribution in [2.45, 2.75) is 19.9 Å². The molecule has 5 heteroatoms. The van der Waals surface area contributed by atoms with Gasteiger partial charge in [-0.1, -0.05) is 6.92 Å². The number of halogens is 2. The monoisotopic (exact) mass is 396 g/mol. The zero-order valence-electron chi connectivity index (χ0n) is 9.13. The maximum Gasteiger partial charge on any atom is 0.228 e. The first-order valence-corrected chi connectivity index (χ1v) is 6.80. The Balaban J connectivity index is 2.74. The van der Waals surface area contributed by atoms with Crippen LogP contribution in [-0.4, -0.2) is 11.9 Å². The van der Waals surface area contributed by atoms with Gasteiger partial charge in [0.1, 0.15) is 0 Å². The lowest BCUT2D eigenvalue weighted by Gasteiger charge is -2.15. The van der Waals surface area contributed by atoms with Crippen molar-refractivity contribution >= 4 is 50.1 Å². The Morgan fingerprint density at radius 1 is 1.50 bits per heavy atom. The van der Waals surface area contributed by atoms with Gasteiger partial charge in [-0.05, 0) is 63.6 Å². The van der Waals surface area contributed by atoms with Gasteiger partial charge < -0.3 is 11.1 Å². The normalized spacial score (nSPS) is 14.3. The van der Waals surface area contributed by atoms with E-state index < -0.39 is 0 Å². The molecule has 1 amide bonds. The van der Waals surface area contributed by atoms with Crippen molar-refractivity contribution in [3.05, 3.63) is 26.2 Å². The van der Waals surface area contributed by atoms with Crippen LogP contribution in [0.5, 0.6) is 0 Å². The van der Waals surface area contributed by atoms with Crippen molar-refractivity contribution in [2.75, 3.05) is 5.32 Å². The second-order valence-electron chi connectivity index (χ2n) is 3.77. The molecule has 0 fully saturated rings. The number of rotatable bonds is 3. The van der Waals surface area contributed by atoms with Crippen LogP contribution in [0, 0.1) is 9.49 Å². The average Bonchev–Trinajstić information content (AvgIpc) is 2.22. The Kier molecular flexibility index (Phi) is 5.20. The van der Waals surface area contributed by atoms with E-state index in [4.69, 9.17) is 5.73 Å². The fourth-order valence-electron chi connectivity index (χ4n) is 1.07. The lowest BCUT2D eigenvalue weighted by Crippen LogP contribution is -2.34. The number of nitrogens with one attached hydrogen (secondary N) is 1. The van der Waals surface area contributed by atoms with Crippen molar-refractivity contribution in [2.24, 2.45) is 11.7 Å². The van der Waals surface area contributed by atoms with Crippen LogP contribution in [0.1, 0.15) is 13.8 Å². The topological polar surface area (TPSA) is 55.1 Å². The lowest BCUT2D eigenvalue weighted by molar-refractivity contribution is -0.119. The van der Waals surface area contributed by atoms with Gasteiger partial charge in [0.05, 0.1) is 5.92 Å². The molecule has 88 valence electrons. The molecule has 1 aromatic carbocycles. The molecule has 0 radical (unpaired) electrons. The van der Waals surface area contributed by atoms with Crippen LogP contribution in [-0.2, 0) is 4.79 Å². The minimum atomic E-state index is -0.193. The molecule has 1 rings (SSSR count). The summed E-state index contributed by atoms with van der Waals surface area (Å²) in [6, 6.07) is 5.54. The summed E-state index contributed by atoms with van der Waals surface area (Å²) in [5.74, 6) is -0.241. The van der Waals surface area contributed by atoms with Gasteiger partial charge in [0.15, 0.2) is 0 Å². The number of carbonyl (C=O) groups excluding carboxylic acids is 1.